The zero-order chi connectivity index (χ0) is 25.5. The molecule has 3 fully saturated rings. The molecule has 0 spiro atoms. The second kappa shape index (κ2) is 10.0. The van der Waals surface area contributed by atoms with Crippen molar-refractivity contribution in [3.8, 4) is 5.75 Å². The molecule has 3 aliphatic carbocycles. The molecule has 5 nitrogen and oxygen atoms in total. The van der Waals surface area contributed by atoms with E-state index in [1.807, 2.05) is 6.92 Å². The number of nitrogens with zero attached hydrogens (tertiary/aromatic N) is 1. The number of halogens is 2. The third kappa shape index (κ3) is 4.80. The Labute approximate surface area is 213 Å². The van der Waals surface area contributed by atoms with E-state index in [9.17, 15) is 18.4 Å². The smallest absolute Gasteiger partial charge is 0.250 e. The maximum absolute atomic E-state index is 13.3. The van der Waals surface area contributed by atoms with Crippen LogP contribution in [0.3, 0.4) is 0 Å². The fourth-order valence-corrected chi connectivity index (χ4v) is 7.67. The van der Waals surface area contributed by atoms with Crippen LogP contribution in [0.4, 0.5) is 8.78 Å². The van der Waals surface area contributed by atoms with E-state index in [2.05, 4.69) is 35.3 Å². The Bertz CT molecular complexity index is 989. The van der Waals surface area contributed by atoms with Crippen molar-refractivity contribution in [2.45, 2.75) is 77.1 Å². The minimum Gasteiger partial charge on any atom is -0.494 e. The molecule has 1 amide bonds. The number of benzene rings is 1. The molecule has 0 bridgehead atoms. The first-order valence-electron chi connectivity index (χ1n) is 13.9. The molecular formula is C29H40F2N2O3. The number of fused-ring (bicyclic) bond motifs is 5. The van der Waals surface area contributed by atoms with Gasteiger partial charge in [0, 0.05) is 56.8 Å². The van der Waals surface area contributed by atoms with Gasteiger partial charge in [0.2, 0.25) is 5.91 Å². The van der Waals surface area contributed by atoms with Crippen molar-refractivity contribution < 1.29 is 23.1 Å². The van der Waals surface area contributed by atoms with Crippen LogP contribution in [0, 0.1) is 23.2 Å². The third-order valence-corrected chi connectivity index (χ3v) is 9.59. The number of Topliss-reactive ketones (excluding diaryl/α,β-unsaturated/α-hetero) is 1. The molecule has 1 aromatic rings. The number of carbonyl (C=O) groups excluding carboxylic acids is 2. The largest absolute Gasteiger partial charge is 0.494 e. The maximum atomic E-state index is 13.3. The summed E-state index contributed by atoms with van der Waals surface area (Å²) in [4.78, 5) is 28.0. The second-order valence-electron chi connectivity index (χ2n) is 11.7. The molecule has 1 N–H and O–H groups in total. The van der Waals surface area contributed by atoms with E-state index < -0.39 is 5.92 Å². The van der Waals surface area contributed by atoms with Crippen LogP contribution in [0.2, 0.25) is 0 Å². The number of likely N-dealkylation sites (tertiary alicyclic amines) is 1. The van der Waals surface area contributed by atoms with Crippen molar-refractivity contribution in [1.29, 1.82) is 0 Å². The topological polar surface area (TPSA) is 58.6 Å². The van der Waals surface area contributed by atoms with Gasteiger partial charge in [-0.15, -0.1) is 0 Å². The number of ether oxygens (including phenoxy) is 1. The van der Waals surface area contributed by atoms with Crippen molar-refractivity contribution in [3.05, 3.63) is 29.3 Å². The number of ketones is 1. The highest BCUT2D eigenvalue weighted by Crippen LogP contribution is 2.61. The molecule has 1 aromatic carbocycles. The van der Waals surface area contributed by atoms with Crippen LogP contribution < -0.4 is 10.1 Å². The van der Waals surface area contributed by atoms with Gasteiger partial charge in [-0.3, -0.25) is 9.59 Å². The normalized spacial score (nSPS) is 33.4. The van der Waals surface area contributed by atoms with E-state index in [4.69, 9.17) is 4.74 Å². The number of nitrogens with one attached hydrogen (secondary N) is 1. The number of carbonyl (C=O) groups is 2. The summed E-state index contributed by atoms with van der Waals surface area (Å²) in [6.07, 6.45) is 4.92. The van der Waals surface area contributed by atoms with Gasteiger partial charge in [-0.05, 0) is 80.0 Å². The summed E-state index contributed by atoms with van der Waals surface area (Å²) in [6.45, 7) is 6.92. The number of rotatable bonds is 7. The third-order valence-electron chi connectivity index (χ3n) is 9.59. The van der Waals surface area contributed by atoms with Gasteiger partial charge in [0.05, 0.1) is 6.61 Å². The molecular weight excluding hydrogens is 462 g/mol. The van der Waals surface area contributed by atoms with Crippen LogP contribution in [-0.4, -0.2) is 55.3 Å². The number of hydrogen-bond acceptors (Lipinski definition) is 4. The monoisotopic (exact) mass is 502 g/mol. The molecule has 0 radical (unpaired) electrons. The van der Waals surface area contributed by atoms with Crippen molar-refractivity contribution >= 4 is 11.7 Å². The number of amides is 1. The van der Waals surface area contributed by atoms with E-state index in [-0.39, 0.29) is 41.8 Å². The number of piperidine rings is 1. The Morgan fingerprint density at radius 2 is 1.97 bits per heavy atom. The van der Waals surface area contributed by atoms with Crippen LogP contribution >= 0.6 is 0 Å². The molecule has 0 unspecified atom stereocenters. The number of aryl methyl sites for hydroxylation is 1. The van der Waals surface area contributed by atoms with Crippen LogP contribution in [0.5, 0.6) is 5.75 Å². The molecule has 4 aliphatic rings. The Balaban J connectivity index is 1.21. The van der Waals surface area contributed by atoms with Crippen LogP contribution in [-0.2, 0) is 16.0 Å². The second-order valence-corrected chi connectivity index (χ2v) is 11.7. The van der Waals surface area contributed by atoms with Crippen LogP contribution in [0.1, 0.15) is 75.8 Å². The lowest BCUT2D eigenvalue weighted by molar-refractivity contribution is -0.130. The van der Waals surface area contributed by atoms with E-state index >= 15 is 0 Å². The van der Waals surface area contributed by atoms with Gasteiger partial charge in [-0.2, -0.15) is 0 Å². The van der Waals surface area contributed by atoms with Crippen molar-refractivity contribution in [2.24, 2.45) is 23.2 Å². The lowest BCUT2D eigenvalue weighted by atomic mass is 9.54. The van der Waals surface area contributed by atoms with Crippen LogP contribution in [0.15, 0.2) is 18.2 Å². The molecule has 1 saturated heterocycles. The molecule has 7 heteroatoms. The summed E-state index contributed by atoms with van der Waals surface area (Å²) in [6, 6.07) is 6.42. The van der Waals surface area contributed by atoms with Gasteiger partial charge in [0.25, 0.3) is 5.92 Å². The van der Waals surface area contributed by atoms with Crippen LogP contribution in [0.25, 0.3) is 0 Å². The summed E-state index contributed by atoms with van der Waals surface area (Å²) in [5, 5.41) is 2.99. The summed E-state index contributed by atoms with van der Waals surface area (Å²) in [5.74, 6) is -0.640. The Morgan fingerprint density at radius 1 is 1.19 bits per heavy atom. The van der Waals surface area contributed by atoms with Gasteiger partial charge in [-0.25, -0.2) is 8.78 Å². The van der Waals surface area contributed by atoms with Gasteiger partial charge in [0.1, 0.15) is 11.5 Å². The summed E-state index contributed by atoms with van der Waals surface area (Å²) >= 11 is 0. The Morgan fingerprint density at radius 3 is 2.72 bits per heavy atom. The molecule has 1 heterocycles. The molecule has 1 aliphatic heterocycles. The van der Waals surface area contributed by atoms with Crippen molar-refractivity contribution in [1.82, 2.24) is 10.2 Å². The first-order chi connectivity index (χ1) is 17.2. The minimum absolute atomic E-state index is 0.0426. The predicted molar refractivity (Wildman–Crippen MR) is 134 cm³/mol. The highest BCUT2D eigenvalue weighted by atomic mass is 19.3. The fraction of sp³-hybridized carbons (Fsp3) is 0.724. The lowest BCUT2D eigenvalue weighted by Crippen LogP contribution is -2.46. The SMILES string of the molecule is CCNC(=O)[C@H]1CC(=O)[C@@]2(C)CC[C@@H]3c4ccc(OCCCN5CCC(F)(F)CC5)cc4CC[C@H]3[C@H]12. The Hall–Kier alpha value is -2.02. The maximum Gasteiger partial charge on any atom is 0.250 e. The molecule has 5 rings (SSSR count). The van der Waals surface area contributed by atoms with E-state index in [1.165, 1.54) is 11.1 Å². The zero-order valence-electron chi connectivity index (χ0n) is 21.7. The molecule has 198 valence electrons. The first-order valence-corrected chi connectivity index (χ1v) is 13.9. The number of alkyl halides is 2. The lowest BCUT2D eigenvalue weighted by Gasteiger charge is -2.49. The molecule has 5 atom stereocenters. The van der Waals surface area contributed by atoms with Gasteiger partial charge < -0.3 is 15.0 Å². The number of hydrogen-bond donors (Lipinski definition) is 1. The van der Waals surface area contributed by atoms with E-state index in [1.54, 1.807) is 0 Å². The van der Waals surface area contributed by atoms with Crippen molar-refractivity contribution in [3.63, 3.8) is 0 Å². The highest BCUT2D eigenvalue weighted by Gasteiger charge is 2.60. The molecule has 0 aromatic heterocycles. The van der Waals surface area contributed by atoms with Crippen molar-refractivity contribution in [2.75, 3.05) is 32.8 Å². The summed E-state index contributed by atoms with van der Waals surface area (Å²) in [7, 11) is 0. The minimum atomic E-state index is -2.50. The zero-order valence-corrected chi connectivity index (χ0v) is 21.7. The van der Waals surface area contributed by atoms with Gasteiger partial charge in [-0.1, -0.05) is 13.0 Å². The highest BCUT2D eigenvalue weighted by molar-refractivity contribution is 5.94. The summed E-state index contributed by atoms with van der Waals surface area (Å²) < 4.78 is 32.7. The average molecular weight is 503 g/mol. The van der Waals surface area contributed by atoms with E-state index in [0.717, 1.165) is 44.4 Å². The first kappa shape index (κ1) is 25.6. The standard InChI is InChI=1S/C29H40F2N2O3/c1-3-32-27(35)24-18-25(34)28(2)10-9-22-21-8-6-20(17-19(21)5-7-23(22)26(24)28)36-16-4-13-33-14-11-29(30,31)12-15-33/h6,8,17,22-24,26H,3-5,7,9-16,18H2,1-2H3,(H,32,35)/t22-,23-,24+,26-,28-/m1/s1. The fourth-order valence-electron chi connectivity index (χ4n) is 7.67. The quantitative estimate of drug-likeness (QED) is 0.535. The predicted octanol–water partition coefficient (Wildman–Crippen LogP) is 4.97. The molecule has 36 heavy (non-hydrogen) atoms. The Kier molecular flexibility index (Phi) is 7.14. The average Bonchev–Trinajstić information content (AvgIpc) is 3.13. The van der Waals surface area contributed by atoms with E-state index in [0.29, 0.717) is 44.5 Å². The van der Waals surface area contributed by atoms with Gasteiger partial charge in [0.15, 0.2) is 0 Å². The van der Waals surface area contributed by atoms with Gasteiger partial charge >= 0.3 is 0 Å². The molecule has 2 saturated carbocycles. The summed E-state index contributed by atoms with van der Waals surface area (Å²) in [5.41, 5.74) is 2.32.